The first-order chi connectivity index (χ1) is 10.2. The van der Waals surface area contributed by atoms with E-state index in [2.05, 4.69) is 48.3 Å². The number of anilines is 1. The predicted octanol–water partition coefficient (Wildman–Crippen LogP) is 3.37. The zero-order valence-electron chi connectivity index (χ0n) is 13.3. The lowest BCUT2D eigenvalue weighted by molar-refractivity contribution is 0.0342. The van der Waals surface area contributed by atoms with Crippen molar-refractivity contribution >= 4 is 5.69 Å². The largest absolute Gasteiger partial charge is 0.382 e. The standard InChI is InChI=1S/C18H28N2O/c1-14(2)16-11-18(12-16)19-17-5-3-15(4-6-17)13-20-7-9-21-10-8-20/h3-6,14,16,18-19H,7-13H2,1-2H3. The first-order valence-corrected chi connectivity index (χ1v) is 8.36. The molecule has 1 saturated heterocycles. The van der Waals surface area contributed by atoms with Crippen molar-refractivity contribution in [3.63, 3.8) is 0 Å². The van der Waals surface area contributed by atoms with Gasteiger partial charge in [-0.2, -0.15) is 0 Å². The molecule has 1 saturated carbocycles. The molecule has 0 aromatic heterocycles. The van der Waals surface area contributed by atoms with Gasteiger partial charge in [0, 0.05) is 31.4 Å². The molecule has 2 aliphatic rings. The third-order valence-corrected chi connectivity index (χ3v) is 4.95. The number of morpholine rings is 1. The lowest BCUT2D eigenvalue weighted by Gasteiger charge is -2.39. The molecule has 0 amide bonds. The molecule has 1 aliphatic heterocycles. The highest BCUT2D eigenvalue weighted by Crippen LogP contribution is 2.35. The number of hydrogen-bond acceptors (Lipinski definition) is 3. The second-order valence-electron chi connectivity index (χ2n) is 6.90. The molecule has 2 fully saturated rings. The molecule has 1 N–H and O–H groups in total. The van der Waals surface area contributed by atoms with E-state index in [1.54, 1.807) is 0 Å². The summed E-state index contributed by atoms with van der Waals surface area (Å²) in [5, 5.41) is 3.66. The van der Waals surface area contributed by atoms with Crippen LogP contribution >= 0.6 is 0 Å². The highest BCUT2D eigenvalue weighted by atomic mass is 16.5. The van der Waals surface area contributed by atoms with Gasteiger partial charge < -0.3 is 10.1 Å². The number of nitrogens with zero attached hydrogens (tertiary/aromatic N) is 1. The van der Waals surface area contributed by atoms with E-state index in [1.807, 2.05) is 0 Å². The van der Waals surface area contributed by atoms with Gasteiger partial charge in [0.2, 0.25) is 0 Å². The first-order valence-electron chi connectivity index (χ1n) is 8.36. The second-order valence-corrected chi connectivity index (χ2v) is 6.90. The van der Waals surface area contributed by atoms with Crippen LogP contribution in [0.1, 0.15) is 32.3 Å². The predicted molar refractivity (Wildman–Crippen MR) is 87.5 cm³/mol. The number of ether oxygens (including phenoxy) is 1. The maximum Gasteiger partial charge on any atom is 0.0594 e. The van der Waals surface area contributed by atoms with Crippen molar-refractivity contribution in [1.82, 2.24) is 4.90 Å². The molecule has 1 heterocycles. The van der Waals surface area contributed by atoms with Crippen LogP contribution in [0.4, 0.5) is 5.69 Å². The molecule has 3 rings (SSSR count). The Kier molecular flexibility index (Phi) is 4.81. The van der Waals surface area contributed by atoms with Crippen LogP contribution in [0.15, 0.2) is 24.3 Å². The van der Waals surface area contributed by atoms with E-state index in [4.69, 9.17) is 4.74 Å². The van der Waals surface area contributed by atoms with Crippen LogP contribution < -0.4 is 5.32 Å². The van der Waals surface area contributed by atoms with Crippen molar-refractivity contribution in [2.24, 2.45) is 11.8 Å². The molecule has 1 aromatic carbocycles. The van der Waals surface area contributed by atoms with Gasteiger partial charge in [0.15, 0.2) is 0 Å². The maximum absolute atomic E-state index is 5.39. The van der Waals surface area contributed by atoms with Crippen LogP contribution in [0, 0.1) is 11.8 Å². The molecule has 1 aliphatic carbocycles. The van der Waals surface area contributed by atoms with E-state index in [0.29, 0.717) is 6.04 Å². The molecule has 0 radical (unpaired) electrons. The van der Waals surface area contributed by atoms with Crippen molar-refractivity contribution in [1.29, 1.82) is 0 Å². The molecule has 3 nitrogen and oxygen atoms in total. The van der Waals surface area contributed by atoms with E-state index < -0.39 is 0 Å². The number of rotatable bonds is 5. The smallest absolute Gasteiger partial charge is 0.0594 e. The van der Waals surface area contributed by atoms with Crippen LogP contribution in [0.2, 0.25) is 0 Å². The normalized spacial score (nSPS) is 26.6. The van der Waals surface area contributed by atoms with Gasteiger partial charge in [0.1, 0.15) is 0 Å². The summed E-state index contributed by atoms with van der Waals surface area (Å²) in [5.41, 5.74) is 2.67. The van der Waals surface area contributed by atoms with Gasteiger partial charge in [0.25, 0.3) is 0 Å². The minimum absolute atomic E-state index is 0.683. The van der Waals surface area contributed by atoms with Gasteiger partial charge in [-0.15, -0.1) is 0 Å². The van der Waals surface area contributed by atoms with Gasteiger partial charge in [-0.25, -0.2) is 0 Å². The minimum atomic E-state index is 0.683. The van der Waals surface area contributed by atoms with E-state index >= 15 is 0 Å². The van der Waals surface area contributed by atoms with E-state index in [-0.39, 0.29) is 0 Å². The van der Waals surface area contributed by atoms with Crippen LogP contribution in [-0.2, 0) is 11.3 Å². The van der Waals surface area contributed by atoms with Crippen molar-refractivity contribution in [2.45, 2.75) is 39.3 Å². The van der Waals surface area contributed by atoms with Crippen molar-refractivity contribution in [3.05, 3.63) is 29.8 Å². The lowest BCUT2D eigenvalue weighted by atomic mass is 9.73. The van der Waals surface area contributed by atoms with Gasteiger partial charge >= 0.3 is 0 Å². The molecular weight excluding hydrogens is 260 g/mol. The van der Waals surface area contributed by atoms with Crippen LogP contribution in [-0.4, -0.2) is 37.2 Å². The number of benzene rings is 1. The topological polar surface area (TPSA) is 24.5 Å². The van der Waals surface area contributed by atoms with E-state index in [1.165, 1.54) is 24.1 Å². The fraction of sp³-hybridized carbons (Fsp3) is 0.667. The SMILES string of the molecule is CC(C)C1CC(Nc2ccc(CN3CCOCC3)cc2)C1. The van der Waals surface area contributed by atoms with Gasteiger partial charge in [-0.3, -0.25) is 4.90 Å². The van der Waals surface area contributed by atoms with Gasteiger partial charge in [-0.05, 0) is 42.4 Å². The Labute approximate surface area is 128 Å². The first kappa shape index (κ1) is 14.9. The van der Waals surface area contributed by atoms with Gasteiger partial charge in [0.05, 0.1) is 13.2 Å². The number of hydrogen-bond donors (Lipinski definition) is 1. The second kappa shape index (κ2) is 6.80. The van der Waals surface area contributed by atoms with E-state index in [0.717, 1.165) is 44.7 Å². The fourth-order valence-electron chi connectivity index (χ4n) is 3.28. The van der Waals surface area contributed by atoms with Gasteiger partial charge in [-0.1, -0.05) is 26.0 Å². The summed E-state index contributed by atoms with van der Waals surface area (Å²) < 4.78 is 5.39. The zero-order valence-corrected chi connectivity index (χ0v) is 13.3. The Hall–Kier alpha value is -1.06. The Morgan fingerprint density at radius 2 is 1.81 bits per heavy atom. The average Bonchev–Trinajstić information content (AvgIpc) is 2.45. The summed E-state index contributed by atoms with van der Waals surface area (Å²) in [7, 11) is 0. The molecule has 21 heavy (non-hydrogen) atoms. The van der Waals surface area contributed by atoms with E-state index in [9.17, 15) is 0 Å². The summed E-state index contributed by atoms with van der Waals surface area (Å²) in [5.74, 6) is 1.75. The molecule has 1 aromatic rings. The summed E-state index contributed by atoms with van der Waals surface area (Å²) in [6.07, 6.45) is 2.65. The number of nitrogens with one attached hydrogen (secondary N) is 1. The Morgan fingerprint density at radius 1 is 1.14 bits per heavy atom. The molecule has 0 spiro atoms. The Bertz CT molecular complexity index is 431. The van der Waals surface area contributed by atoms with Crippen molar-refractivity contribution in [2.75, 3.05) is 31.6 Å². The molecule has 116 valence electrons. The van der Waals surface area contributed by atoms with Crippen molar-refractivity contribution in [3.8, 4) is 0 Å². The molecular formula is C18H28N2O. The molecule has 0 bridgehead atoms. The fourth-order valence-corrected chi connectivity index (χ4v) is 3.28. The van der Waals surface area contributed by atoms with Crippen LogP contribution in [0.5, 0.6) is 0 Å². The molecule has 3 heteroatoms. The minimum Gasteiger partial charge on any atom is -0.382 e. The Morgan fingerprint density at radius 3 is 2.43 bits per heavy atom. The monoisotopic (exact) mass is 288 g/mol. The summed E-state index contributed by atoms with van der Waals surface area (Å²) >= 11 is 0. The molecule has 0 atom stereocenters. The maximum atomic E-state index is 5.39. The summed E-state index contributed by atoms with van der Waals surface area (Å²) in [6.45, 7) is 9.57. The third-order valence-electron chi connectivity index (χ3n) is 4.95. The molecule has 0 unspecified atom stereocenters. The van der Waals surface area contributed by atoms with Crippen LogP contribution in [0.3, 0.4) is 0 Å². The lowest BCUT2D eigenvalue weighted by Crippen LogP contribution is -2.37. The third kappa shape index (κ3) is 3.98. The highest BCUT2D eigenvalue weighted by molar-refractivity contribution is 5.46. The van der Waals surface area contributed by atoms with Crippen LogP contribution in [0.25, 0.3) is 0 Å². The average molecular weight is 288 g/mol. The quantitative estimate of drug-likeness (QED) is 0.899. The summed E-state index contributed by atoms with van der Waals surface area (Å²) in [4.78, 5) is 2.46. The summed E-state index contributed by atoms with van der Waals surface area (Å²) in [6, 6.07) is 9.67. The zero-order chi connectivity index (χ0) is 14.7. The van der Waals surface area contributed by atoms with Crippen molar-refractivity contribution < 1.29 is 4.74 Å². The Balaban J connectivity index is 1.46. The highest BCUT2D eigenvalue weighted by Gasteiger charge is 2.30.